The molecule has 1 aromatic carbocycles. The topological polar surface area (TPSA) is 99.6 Å². The second-order valence-corrected chi connectivity index (χ2v) is 6.69. The minimum Gasteiger partial charge on any atom is -0.467 e. The van der Waals surface area contributed by atoms with E-state index in [2.05, 4.69) is 15.6 Å². The first kappa shape index (κ1) is 18.1. The van der Waals surface area contributed by atoms with E-state index in [1.807, 2.05) is 30.5 Å². The summed E-state index contributed by atoms with van der Waals surface area (Å²) >= 11 is 0. The van der Waals surface area contributed by atoms with Crippen LogP contribution in [0.15, 0.2) is 53.3 Å². The standard InChI is InChI=1S/C20H22N4O4/c25-19(23-15-3-4-18-14(10-15)5-6-21-18)11-16-13-27-9-7-24(16)20(26)22-12-17-2-1-8-28-17/h1-6,8,10,16,21H,7,9,11-13H2,(H,22,26)(H,23,25)/t16-/m0/s1. The number of aromatic nitrogens is 1. The Kier molecular flexibility index (Phi) is 5.29. The van der Waals surface area contributed by atoms with Gasteiger partial charge in [-0.15, -0.1) is 0 Å². The lowest BCUT2D eigenvalue weighted by molar-refractivity contribution is -0.118. The second-order valence-electron chi connectivity index (χ2n) is 6.69. The van der Waals surface area contributed by atoms with Crippen LogP contribution in [-0.4, -0.2) is 47.6 Å². The number of furan rings is 1. The molecule has 2 aromatic heterocycles. The van der Waals surface area contributed by atoms with Crippen molar-refractivity contribution in [2.24, 2.45) is 0 Å². The van der Waals surface area contributed by atoms with Crippen LogP contribution in [0.1, 0.15) is 12.2 Å². The summed E-state index contributed by atoms with van der Waals surface area (Å²) in [5, 5.41) is 6.76. The molecule has 3 N–H and O–H groups in total. The molecule has 1 atom stereocenters. The Labute approximate surface area is 161 Å². The maximum atomic E-state index is 12.5. The Hall–Kier alpha value is -3.26. The van der Waals surface area contributed by atoms with E-state index in [4.69, 9.17) is 9.15 Å². The van der Waals surface area contributed by atoms with E-state index in [9.17, 15) is 9.59 Å². The maximum absolute atomic E-state index is 12.5. The lowest BCUT2D eigenvalue weighted by Gasteiger charge is -2.35. The molecule has 0 bridgehead atoms. The van der Waals surface area contributed by atoms with Crippen LogP contribution in [0.3, 0.4) is 0 Å². The molecule has 0 unspecified atom stereocenters. The van der Waals surface area contributed by atoms with Gasteiger partial charge in [0.1, 0.15) is 5.76 Å². The summed E-state index contributed by atoms with van der Waals surface area (Å²) in [5.74, 6) is 0.519. The van der Waals surface area contributed by atoms with Crippen LogP contribution in [0.25, 0.3) is 10.9 Å². The number of morpholine rings is 1. The van der Waals surface area contributed by atoms with Crippen LogP contribution in [0.4, 0.5) is 10.5 Å². The van der Waals surface area contributed by atoms with Crippen molar-refractivity contribution in [3.63, 3.8) is 0 Å². The number of ether oxygens (including phenoxy) is 1. The fourth-order valence-corrected chi connectivity index (χ4v) is 3.33. The average Bonchev–Trinajstić information content (AvgIpc) is 3.38. The normalized spacial score (nSPS) is 16.9. The molecule has 3 aromatic rings. The van der Waals surface area contributed by atoms with E-state index < -0.39 is 0 Å². The van der Waals surface area contributed by atoms with Crippen LogP contribution in [-0.2, 0) is 16.1 Å². The van der Waals surface area contributed by atoms with E-state index in [1.165, 1.54) is 0 Å². The number of fused-ring (bicyclic) bond motifs is 1. The molecule has 0 aliphatic carbocycles. The van der Waals surface area contributed by atoms with E-state index >= 15 is 0 Å². The van der Waals surface area contributed by atoms with Crippen molar-refractivity contribution in [2.45, 2.75) is 19.0 Å². The number of carbonyl (C=O) groups excluding carboxylic acids is 2. The second kappa shape index (κ2) is 8.18. The minimum atomic E-state index is -0.318. The molecule has 0 spiro atoms. The molecule has 3 amide bonds. The van der Waals surface area contributed by atoms with E-state index in [1.54, 1.807) is 23.3 Å². The summed E-state index contributed by atoms with van der Waals surface area (Å²) < 4.78 is 10.7. The highest BCUT2D eigenvalue weighted by atomic mass is 16.5. The Morgan fingerprint density at radius 1 is 1.25 bits per heavy atom. The summed E-state index contributed by atoms with van der Waals surface area (Å²) in [6.45, 7) is 1.53. The number of hydrogen-bond donors (Lipinski definition) is 3. The van der Waals surface area contributed by atoms with Crippen molar-refractivity contribution in [3.8, 4) is 0 Å². The fourth-order valence-electron chi connectivity index (χ4n) is 3.33. The molecule has 1 aliphatic heterocycles. The molecule has 8 heteroatoms. The van der Waals surface area contributed by atoms with Crippen molar-refractivity contribution in [1.29, 1.82) is 0 Å². The minimum absolute atomic E-state index is 0.158. The SMILES string of the molecule is O=C(C[C@H]1COCCN1C(=O)NCc1ccco1)Nc1ccc2[nH]ccc2c1. The average molecular weight is 382 g/mol. The number of nitrogens with zero attached hydrogens (tertiary/aromatic N) is 1. The number of benzene rings is 1. The van der Waals surface area contributed by atoms with Gasteiger partial charge in [-0.1, -0.05) is 0 Å². The number of carbonyl (C=O) groups is 2. The molecule has 28 heavy (non-hydrogen) atoms. The third-order valence-corrected chi connectivity index (χ3v) is 4.74. The Morgan fingerprint density at radius 2 is 2.18 bits per heavy atom. The first-order valence-electron chi connectivity index (χ1n) is 9.20. The maximum Gasteiger partial charge on any atom is 0.318 e. The highest BCUT2D eigenvalue weighted by molar-refractivity contribution is 5.94. The Bertz CT molecular complexity index is 950. The highest BCUT2D eigenvalue weighted by Crippen LogP contribution is 2.19. The van der Waals surface area contributed by atoms with Gasteiger partial charge in [0.25, 0.3) is 0 Å². The quantitative estimate of drug-likeness (QED) is 0.632. The van der Waals surface area contributed by atoms with Crippen LogP contribution >= 0.6 is 0 Å². The van der Waals surface area contributed by atoms with Crippen LogP contribution in [0.2, 0.25) is 0 Å². The first-order valence-corrected chi connectivity index (χ1v) is 9.20. The summed E-state index contributed by atoms with van der Waals surface area (Å²) in [6, 6.07) is 10.7. The summed E-state index contributed by atoms with van der Waals surface area (Å²) in [6.07, 6.45) is 3.59. The first-order chi connectivity index (χ1) is 13.7. The predicted octanol–water partition coefficient (Wildman–Crippen LogP) is 2.70. The molecule has 1 fully saturated rings. The molecule has 1 aliphatic rings. The van der Waals surface area contributed by atoms with Crippen LogP contribution < -0.4 is 10.6 Å². The number of rotatable bonds is 5. The number of hydrogen-bond acceptors (Lipinski definition) is 4. The number of anilines is 1. The highest BCUT2D eigenvalue weighted by Gasteiger charge is 2.29. The summed E-state index contributed by atoms with van der Waals surface area (Å²) in [5.41, 5.74) is 1.74. The van der Waals surface area contributed by atoms with Crippen molar-refractivity contribution in [2.75, 3.05) is 25.1 Å². The van der Waals surface area contributed by atoms with Crippen molar-refractivity contribution >= 4 is 28.5 Å². The third kappa shape index (κ3) is 4.17. The predicted molar refractivity (Wildman–Crippen MR) is 104 cm³/mol. The van der Waals surface area contributed by atoms with Gasteiger partial charge in [0.05, 0.1) is 32.1 Å². The van der Waals surface area contributed by atoms with Crippen LogP contribution in [0.5, 0.6) is 0 Å². The molecular weight excluding hydrogens is 360 g/mol. The lowest BCUT2D eigenvalue weighted by atomic mass is 10.1. The molecule has 3 heterocycles. The molecule has 0 saturated carbocycles. The number of H-pyrrole nitrogens is 1. The van der Waals surface area contributed by atoms with Gasteiger partial charge in [-0.3, -0.25) is 4.79 Å². The fraction of sp³-hybridized carbons (Fsp3) is 0.300. The number of nitrogens with one attached hydrogen (secondary N) is 3. The van der Waals surface area contributed by atoms with E-state index in [0.717, 1.165) is 16.6 Å². The number of urea groups is 1. The van der Waals surface area contributed by atoms with Gasteiger partial charge < -0.3 is 29.7 Å². The third-order valence-electron chi connectivity index (χ3n) is 4.74. The van der Waals surface area contributed by atoms with Gasteiger partial charge in [-0.05, 0) is 36.4 Å². The molecule has 8 nitrogen and oxygen atoms in total. The molecule has 1 saturated heterocycles. The summed E-state index contributed by atoms with van der Waals surface area (Å²) in [4.78, 5) is 29.8. The largest absolute Gasteiger partial charge is 0.467 e. The van der Waals surface area contributed by atoms with Gasteiger partial charge in [0.15, 0.2) is 0 Å². The number of aromatic amines is 1. The monoisotopic (exact) mass is 382 g/mol. The molecule has 4 rings (SSSR count). The summed E-state index contributed by atoms with van der Waals surface area (Å²) in [7, 11) is 0. The zero-order valence-corrected chi connectivity index (χ0v) is 15.3. The lowest BCUT2D eigenvalue weighted by Crippen LogP contribution is -2.53. The molecule has 146 valence electrons. The van der Waals surface area contributed by atoms with Crippen molar-refractivity contribution in [1.82, 2.24) is 15.2 Å². The van der Waals surface area contributed by atoms with Crippen LogP contribution in [0, 0.1) is 0 Å². The number of amides is 3. The zero-order chi connectivity index (χ0) is 19.3. The molecule has 0 radical (unpaired) electrons. The zero-order valence-electron chi connectivity index (χ0n) is 15.3. The molecular formula is C20H22N4O4. The van der Waals surface area contributed by atoms with Gasteiger partial charge in [-0.2, -0.15) is 0 Å². The van der Waals surface area contributed by atoms with Gasteiger partial charge in [0, 0.05) is 35.8 Å². The Balaban J connectivity index is 1.35. The van der Waals surface area contributed by atoms with Gasteiger partial charge in [-0.25, -0.2) is 4.79 Å². The Morgan fingerprint density at radius 3 is 3.04 bits per heavy atom. The van der Waals surface area contributed by atoms with Crippen molar-refractivity contribution < 1.29 is 18.7 Å². The smallest absolute Gasteiger partial charge is 0.318 e. The van der Waals surface area contributed by atoms with Crippen molar-refractivity contribution in [3.05, 3.63) is 54.6 Å². The van der Waals surface area contributed by atoms with Gasteiger partial charge >= 0.3 is 6.03 Å². The van der Waals surface area contributed by atoms with Gasteiger partial charge in [0.2, 0.25) is 5.91 Å². The van der Waals surface area contributed by atoms with E-state index in [-0.39, 0.29) is 24.4 Å². The van der Waals surface area contributed by atoms with E-state index in [0.29, 0.717) is 32.1 Å².